The van der Waals surface area contributed by atoms with Crippen LogP contribution in [-0.2, 0) is 0 Å². The number of aliphatic hydroxyl groups is 1. The van der Waals surface area contributed by atoms with Crippen LogP contribution in [0, 0.1) is 11.3 Å². The van der Waals surface area contributed by atoms with E-state index in [-0.39, 0.29) is 6.61 Å². The zero-order valence-electron chi connectivity index (χ0n) is 7.40. The van der Waals surface area contributed by atoms with Crippen molar-refractivity contribution in [1.29, 1.82) is 5.26 Å². The second kappa shape index (κ2) is 4.48. The van der Waals surface area contributed by atoms with E-state index in [4.69, 9.17) is 10.00 Å². The fraction of sp³-hybridized carbons (Fsp3) is 0.300. The van der Waals surface area contributed by atoms with Crippen molar-refractivity contribution in [3.05, 3.63) is 29.8 Å². The van der Waals surface area contributed by atoms with Gasteiger partial charge in [0.05, 0.1) is 6.10 Å². The zero-order valence-corrected chi connectivity index (χ0v) is 7.40. The molecule has 1 aromatic carbocycles. The Hall–Kier alpha value is -1.53. The van der Waals surface area contributed by atoms with Gasteiger partial charge in [0.1, 0.15) is 11.8 Å². The Bertz CT molecular complexity index is 315. The molecule has 1 atom stereocenters. The maximum Gasteiger partial charge on any atom is 0.174 e. The normalized spacial score (nSPS) is 11.8. The molecule has 1 unspecified atom stereocenters. The smallest absolute Gasteiger partial charge is 0.174 e. The van der Waals surface area contributed by atoms with Crippen LogP contribution in [0.1, 0.15) is 18.6 Å². The Kier molecular flexibility index (Phi) is 3.30. The summed E-state index contributed by atoms with van der Waals surface area (Å²) in [6.07, 6.45) is -0.509. The van der Waals surface area contributed by atoms with E-state index in [1.807, 2.05) is 12.1 Å². The first-order valence-corrected chi connectivity index (χ1v) is 4.02. The first kappa shape index (κ1) is 9.56. The third kappa shape index (κ3) is 2.77. The molecule has 68 valence electrons. The summed E-state index contributed by atoms with van der Waals surface area (Å²) in [7, 11) is 0. The zero-order chi connectivity index (χ0) is 9.68. The lowest BCUT2D eigenvalue weighted by molar-refractivity contribution is 0.198. The van der Waals surface area contributed by atoms with E-state index in [9.17, 15) is 5.11 Å². The highest BCUT2D eigenvalue weighted by Crippen LogP contribution is 2.18. The van der Waals surface area contributed by atoms with Crippen LogP contribution in [0.3, 0.4) is 0 Å². The summed E-state index contributed by atoms with van der Waals surface area (Å²) in [6.45, 7) is 1.71. The van der Waals surface area contributed by atoms with E-state index in [0.29, 0.717) is 5.75 Å². The van der Waals surface area contributed by atoms with Crippen LogP contribution >= 0.6 is 0 Å². The summed E-state index contributed by atoms with van der Waals surface area (Å²) >= 11 is 0. The largest absolute Gasteiger partial charge is 0.479 e. The van der Waals surface area contributed by atoms with Gasteiger partial charge in [-0.25, -0.2) is 0 Å². The fourth-order valence-corrected chi connectivity index (χ4v) is 0.980. The molecule has 3 nitrogen and oxygen atoms in total. The number of ether oxygens (including phenoxy) is 1. The first-order valence-electron chi connectivity index (χ1n) is 4.02. The molecule has 0 spiro atoms. The lowest BCUT2D eigenvalue weighted by atomic mass is 10.1. The Labute approximate surface area is 77.2 Å². The number of hydrogen-bond donors (Lipinski definition) is 1. The van der Waals surface area contributed by atoms with Gasteiger partial charge in [0.25, 0.3) is 0 Å². The van der Waals surface area contributed by atoms with Crippen LogP contribution in [0.4, 0.5) is 0 Å². The second-order valence-electron chi connectivity index (χ2n) is 2.70. The predicted molar refractivity (Wildman–Crippen MR) is 48.2 cm³/mol. The van der Waals surface area contributed by atoms with Gasteiger partial charge in [0, 0.05) is 0 Å². The van der Waals surface area contributed by atoms with Crippen LogP contribution < -0.4 is 4.74 Å². The van der Waals surface area contributed by atoms with Gasteiger partial charge in [-0.1, -0.05) is 12.1 Å². The monoisotopic (exact) mass is 177 g/mol. The topological polar surface area (TPSA) is 53.2 Å². The van der Waals surface area contributed by atoms with Crippen molar-refractivity contribution in [3.63, 3.8) is 0 Å². The molecule has 0 aliphatic rings. The highest BCUT2D eigenvalue weighted by atomic mass is 16.5. The summed E-state index contributed by atoms with van der Waals surface area (Å²) in [4.78, 5) is 0. The van der Waals surface area contributed by atoms with Gasteiger partial charge < -0.3 is 9.84 Å². The number of rotatable bonds is 3. The molecule has 13 heavy (non-hydrogen) atoms. The molecule has 0 radical (unpaired) electrons. The summed E-state index contributed by atoms with van der Waals surface area (Å²) in [5, 5.41) is 17.5. The Morgan fingerprint density at radius 2 is 2.38 bits per heavy atom. The van der Waals surface area contributed by atoms with E-state index in [0.717, 1.165) is 5.56 Å². The van der Waals surface area contributed by atoms with Gasteiger partial charge in [-0.15, -0.1) is 0 Å². The Morgan fingerprint density at radius 1 is 1.62 bits per heavy atom. The van der Waals surface area contributed by atoms with Crippen molar-refractivity contribution < 1.29 is 9.84 Å². The Balaban J connectivity index is 2.75. The van der Waals surface area contributed by atoms with E-state index >= 15 is 0 Å². The minimum absolute atomic E-state index is 0.0310. The third-order valence-corrected chi connectivity index (χ3v) is 1.64. The first-order chi connectivity index (χ1) is 6.24. The molecule has 0 heterocycles. The summed E-state index contributed by atoms with van der Waals surface area (Å²) in [6, 6.07) is 8.95. The molecule has 0 saturated heterocycles. The third-order valence-electron chi connectivity index (χ3n) is 1.64. The summed E-state index contributed by atoms with van der Waals surface area (Å²) in [5.41, 5.74) is 0.787. The maximum absolute atomic E-state index is 9.25. The molecule has 0 bridgehead atoms. The molecule has 1 rings (SSSR count). The summed E-state index contributed by atoms with van der Waals surface area (Å²) < 4.78 is 5.07. The van der Waals surface area contributed by atoms with Crippen molar-refractivity contribution in [3.8, 4) is 11.8 Å². The highest BCUT2D eigenvalue weighted by Gasteiger charge is 2.01. The molecule has 3 heteroatoms. The molecule has 0 amide bonds. The highest BCUT2D eigenvalue weighted by molar-refractivity contribution is 5.29. The van der Waals surface area contributed by atoms with Gasteiger partial charge in [0.2, 0.25) is 0 Å². The van der Waals surface area contributed by atoms with Crippen LogP contribution in [-0.4, -0.2) is 11.7 Å². The average molecular weight is 177 g/mol. The lowest BCUT2D eigenvalue weighted by Crippen LogP contribution is -1.96. The van der Waals surface area contributed by atoms with Gasteiger partial charge in [-0.3, -0.25) is 0 Å². The SMILES string of the molecule is CC(O)c1cccc(OCC#N)c1. The van der Waals surface area contributed by atoms with E-state index in [1.165, 1.54) is 0 Å². The van der Waals surface area contributed by atoms with Crippen molar-refractivity contribution in [2.45, 2.75) is 13.0 Å². The van der Waals surface area contributed by atoms with Crippen LogP contribution in [0.2, 0.25) is 0 Å². The van der Waals surface area contributed by atoms with E-state index in [1.54, 1.807) is 25.1 Å². The maximum atomic E-state index is 9.25. The van der Waals surface area contributed by atoms with Crippen molar-refractivity contribution in [1.82, 2.24) is 0 Å². The predicted octanol–water partition coefficient (Wildman–Crippen LogP) is 1.64. The second-order valence-corrected chi connectivity index (χ2v) is 2.70. The Morgan fingerprint density at radius 3 is 3.00 bits per heavy atom. The quantitative estimate of drug-likeness (QED) is 0.763. The standard InChI is InChI=1S/C10H11NO2/c1-8(12)9-3-2-4-10(7-9)13-6-5-11/h2-4,7-8,12H,6H2,1H3. The lowest BCUT2D eigenvalue weighted by Gasteiger charge is -2.06. The van der Waals surface area contributed by atoms with Gasteiger partial charge in [-0.2, -0.15) is 5.26 Å². The molecule has 1 aromatic rings. The molecular formula is C10H11NO2. The van der Waals surface area contributed by atoms with Crippen LogP contribution in [0.5, 0.6) is 5.75 Å². The van der Waals surface area contributed by atoms with Gasteiger partial charge in [-0.05, 0) is 24.6 Å². The molecule has 1 N–H and O–H groups in total. The minimum atomic E-state index is -0.509. The molecule has 0 fully saturated rings. The average Bonchev–Trinajstić information content (AvgIpc) is 2.15. The minimum Gasteiger partial charge on any atom is -0.479 e. The molecule has 0 aliphatic carbocycles. The van der Waals surface area contributed by atoms with Crippen molar-refractivity contribution >= 4 is 0 Å². The van der Waals surface area contributed by atoms with E-state index in [2.05, 4.69) is 0 Å². The summed E-state index contributed by atoms with van der Waals surface area (Å²) in [5.74, 6) is 0.611. The van der Waals surface area contributed by atoms with Gasteiger partial charge in [0.15, 0.2) is 6.61 Å². The molecule has 0 aromatic heterocycles. The van der Waals surface area contributed by atoms with E-state index < -0.39 is 6.10 Å². The number of nitrogens with zero attached hydrogens (tertiary/aromatic N) is 1. The van der Waals surface area contributed by atoms with Crippen molar-refractivity contribution in [2.24, 2.45) is 0 Å². The molecule has 0 aliphatic heterocycles. The van der Waals surface area contributed by atoms with Crippen LogP contribution in [0.15, 0.2) is 24.3 Å². The van der Waals surface area contributed by atoms with Crippen molar-refractivity contribution in [2.75, 3.05) is 6.61 Å². The fourth-order valence-electron chi connectivity index (χ4n) is 0.980. The molecular weight excluding hydrogens is 166 g/mol. The van der Waals surface area contributed by atoms with Crippen LogP contribution in [0.25, 0.3) is 0 Å². The number of benzene rings is 1. The number of hydrogen-bond acceptors (Lipinski definition) is 3. The van der Waals surface area contributed by atoms with Gasteiger partial charge >= 0.3 is 0 Å². The number of aliphatic hydroxyl groups excluding tert-OH is 1. The molecule has 0 saturated carbocycles. The number of nitriles is 1.